The Kier molecular flexibility index (Phi) is 5.64. The third-order valence-corrected chi connectivity index (χ3v) is 5.13. The monoisotopic (exact) mass is 458 g/mol. The van der Waals surface area contributed by atoms with Crippen LogP contribution in [0.2, 0.25) is 0 Å². The molecule has 0 unspecified atom stereocenters. The second kappa shape index (κ2) is 8.30. The summed E-state index contributed by atoms with van der Waals surface area (Å²) >= 11 is 0. The zero-order valence-electron chi connectivity index (χ0n) is 17.9. The minimum atomic E-state index is -1.46. The molecule has 0 radical (unpaired) electrons. The van der Waals surface area contributed by atoms with Gasteiger partial charge in [-0.3, -0.25) is 0 Å². The quantitative estimate of drug-likeness (QED) is 0.452. The van der Waals surface area contributed by atoms with Crippen molar-refractivity contribution in [2.75, 3.05) is 13.2 Å². The summed E-state index contributed by atoms with van der Waals surface area (Å²) in [5.41, 5.74) is -0.990. The van der Waals surface area contributed by atoms with Crippen LogP contribution in [0.4, 0.5) is 0 Å². The molecule has 4 rings (SSSR count). The lowest BCUT2D eigenvalue weighted by atomic mass is 10.0. The first-order valence-corrected chi connectivity index (χ1v) is 10.0. The minimum Gasteiger partial charge on any atom is -0.504 e. The summed E-state index contributed by atoms with van der Waals surface area (Å²) in [6.45, 7) is 3.25. The van der Waals surface area contributed by atoms with Gasteiger partial charge in [0.2, 0.25) is 5.60 Å². The Morgan fingerprint density at radius 2 is 1.64 bits per heavy atom. The van der Waals surface area contributed by atoms with E-state index in [1.807, 2.05) is 30.3 Å². The fourth-order valence-electron chi connectivity index (χ4n) is 3.31. The van der Waals surface area contributed by atoms with Crippen molar-refractivity contribution in [2.24, 2.45) is 0 Å². The number of ether oxygens (including phenoxy) is 5. The predicted molar refractivity (Wildman–Crippen MR) is 110 cm³/mol. The van der Waals surface area contributed by atoms with Gasteiger partial charge in [0.1, 0.15) is 6.61 Å². The van der Waals surface area contributed by atoms with Crippen LogP contribution >= 0.6 is 0 Å². The molecule has 0 aromatic heterocycles. The molecule has 2 aliphatic rings. The van der Waals surface area contributed by atoms with E-state index in [9.17, 15) is 24.9 Å². The molecule has 10 heteroatoms. The summed E-state index contributed by atoms with van der Waals surface area (Å²) in [4.78, 5) is 25.4. The molecule has 2 heterocycles. The van der Waals surface area contributed by atoms with Crippen LogP contribution in [-0.2, 0) is 35.1 Å². The largest absolute Gasteiger partial charge is 0.504 e. The Morgan fingerprint density at radius 1 is 1.03 bits per heavy atom. The van der Waals surface area contributed by atoms with E-state index < -0.39 is 46.3 Å². The fourth-order valence-corrected chi connectivity index (χ4v) is 3.31. The van der Waals surface area contributed by atoms with Crippen molar-refractivity contribution >= 4 is 11.9 Å². The van der Waals surface area contributed by atoms with Crippen molar-refractivity contribution in [2.45, 2.75) is 31.8 Å². The van der Waals surface area contributed by atoms with E-state index in [1.54, 1.807) is 13.8 Å². The fraction of sp³-hybridized carbons (Fsp3) is 0.304. The van der Waals surface area contributed by atoms with Crippen LogP contribution in [0.3, 0.4) is 0 Å². The van der Waals surface area contributed by atoms with Gasteiger partial charge in [0, 0.05) is 0 Å². The Labute approximate surface area is 188 Å². The van der Waals surface area contributed by atoms with E-state index in [1.165, 1.54) is 0 Å². The number of carbonyl (C=O) groups is 2. The summed E-state index contributed by atoms with van der Waals surface area (Å²) in [7, 11) is 0. The SMILES string of the molecule is CC1(C)OCC2(CO1)OC(=O)C(OC(=O)c1cc(O)c(O)c(O)c1)=C2OCc1ccccc1. The first kappa shape index (κ1) is 22.4. The molecule has 0 amide bonds. The van der Waals surface area contributed by atoms with Crippen LogP contribution in [0.15, 0.2) is 54.0 Å². The number of esters is 2. The van der Waals surface area contributed by atoms with Crippen LogP contribution in [0.5, 0.6) is 17.2 Å². The first-order chi connectivity index (χ1) is 15.6. The van der Waals surface area contributed by atoms with Crippen molar-refractivity contribution in [3.8, 4) is 17.2 Å². The van der Waals surface area contributed by atoms with E-state index in [0.29, 0.717) is 0 Å². The second-order valence-electron chi connectivity index (χ2n) is 8.05. The standard InChI is InChI=1S/C23H22O10/c1-22(2)30-11-23(12-31-22)19(29-10-13-6-4-3-5-7-13)18(21(28)33-23)32-20(27)14-8-15(24)17(26)16(25)9-14/h3-9,24-26H,10-12H2,1-2H3. The number of hydrogen-bond acceptors (Lipinski definition) is 10. The third kappa shape index (κ3) is 4.43. The van der Waals surface area contributed by atoms with Gasteiger partial charge in [0.15, 0.2) is 28.8 Å². The molecule has 3 N–H and O–H groups in total. The second-order valence-corrected chi connectivity index (χ2v) is 8.05. The molecule has 0 atom stereocenters. The highest BCUT2D eigenvalue weighted by Gasteiger charge is 2.56. The van der Waals surface area contributed by atoms with Crippen molar-refractivity contribution in [1.29, 1.82) is 0 Å². The Morgan fingerprint density at radius 3 is 2.24 bits per heavy atom. The first-order valence-electron chi connectivity index (χ1n) is 10.0. The highest BCUT2D eigenvalue weighted by atomic mass is 16.7. The van der Waals surface area contributed by atoms with E-state index in [2.05, 4.69) is 0 Å². The van der Waals surface area contributed by atoms with E-state index in [-0.39, 0.29) is 31.1 Å². The number of rotatable bonds is 5. The topological polar surface area (TPSA) is 141 Å². The summed E-state index contributed by atoms with van der Waals surface area (Å²) in [6.07, 6.45) is 0. The maximum atomic E-state index is 12.7. The van der Waals surface area contributed by atoms with Crippen LogP contribution < -0.4 is 0 Å². The van der Waals surface area contributed by atoms with Gasteiger partial charge in [0.05, 0.1) is 18.8 Å². The minimum absolute atomic E-state index is 0.0415. The van der Waals surface area contributed by atoms with E-state index in [4.69, 9.17) is 23.7 Å². The number of phenols is 3. The van der Waals surface area contributed by atoms with Crippen molar-refractivity contribution < 1.29 is 48.6 Å². The molecule has 174 valence electrons. The maximum Gasteiger partial charge on any atom is 0.379 e. The average Bonchev–Trinajstić information content (AvgIpc) is 3.03. The van der Waals surface area contributed by atoms with Crippen LogP contribution in [0.25, 0.3) is 0 Å². The molecule has 2 aromatic carbocycles. The van der Waals surface area contributed by atoms with Crippen LogP contribution in [0.1, 0.15) is 29.8 Å². The lowest BCUT2D eigenvalue weighted by Crippen LogP contribution is -2.53. The van der Waals surface area contributed by atoms with Gasteiger partial charge in [-0.15, -0.1) is 0 Å². The van der Waals surface area contributed by atoms with Gasteiger partial charge in [-0.1, -0.05) is 30.3 Å². The van der Waals surface area contributed by atoms with Crippen molar-refractivity contribution in [3.63, 3.8) is 0 Å². The molecule has 1 spiro atoms. The molecule has 1 saturated heterocycles. The van der Waals surface area contributed by atoms with E-state index in [0.717, 1.165) is 17.7 Å². The average molecular weight is 458 g/mol. The summed E-state index contributed by atoms with van der Waals surface area (Å²) in [5.74, 6) is -5.83. The zero-order chi connectivity index (χ0) is 23.8. The molecular weight excluding hydrogens is 436 g/mol. The number of carbonyl (C=O) groups excluding carboxylic acids is 2. The normalized spacial score (nSPS) is 18.8. The highest BCUT2D eigenvalue weighted by molar-refractivity contribution is 5.98. The number of aromatic hydroxyl groups is 3. The number of phenolic OH excluding ortho intramolecular Hbond substituents is 3. The van der Waals surface area contributed by atoms with Gasteiger partial charge >= 0.3 is 11.9 Å². The van der Waals surface area contributed by atoms with Gasteiger partial charge in [-0.2, -0.15) is 0 Å². The van der Waals surface area contributed by atoms with Crippen molar-refractivity contribution in [1.82, 2.24) is 0 Å². The Bertz CT molecular complexity index is 1090. The molecule has 1 fully saturated rings. The number of hydrogen-bond donors (Lipinski definition) is 3. The smallest absolute Gasteiger partial charge is 0.379 e. The summed E-state index contributed by atoms with van der Waals surface area (Å²) in [5, 5.41) is 28.8. The molecule has 10 nitrogen and oxygen atoms in total. The molecule has 0 saturated carbocycles. The molecule has 2 aromatic rings. The van der Waals surface area contributed by atoms with E-state index >= 15 is 0 Å². The Balaban J connectivity index is 1.66. The summed E-state index contributed by atoms with van der Waals surface area (Å²) < 4.78 is 28.0. The molecule has 33 heavy (non-hydrogen) atoms. The predicted octanol–water partition coefficient (Wildman–Crippen LogP) is 2.47. The summed E-state index contributed by atoms with van der Waals surface area (Å²) in [6, 6.07) is 10.9. The van der Waals surface area contributed by atoms with Gasteiger partial charge in [-0.25, -0.2) is 9.59 Å². The zero-order valence-corrected chi connectivity index (χ0v) is 17.9. The molecule has 0 aliphatic carbocycles. The van der Waals surface area contributed by atoms with Gasteiger partial charge in [-0.05, 0) is 31.5 Å². The Hall–Kier alpha value is -3.76. The maximum absolute atomic E-state index is 12.7. The highest BCUT2D eigenvalue weighted by Crippen LogP contribution is 2.41. The molecular formula is C23H22O10. The lowest BCUT2D eigenvalue weighted by molar-refractivity contribution is -0.298. The van der Waals surface area contributed by atoms with Gasteiger partial charge < -0.3 is 39.0 Å². The molecule has 0 bridgehead atoms. The third-order valence-electron chi connectivity index (χ3n) is 5.13. The van der Waals surface area contributed by atoms with Gasteiger partial charge in [0.25, 0.3) is 5.76 Å². The molecule has 2 aliphatic heterocycles. The van der Waals surface area contributed by atoms with Crippen LogP contribution in [0, 0.1) is 0 Å². The van der Waals surface area contributed by atoms with Crippen LogP contribution in [-0.4, -0.2) is 51.9 Å². The number of benzene rings is 2. The van der Waals surface area contributed by atoms with Crippen molar-refractivity contribution in [3.05, 3.63) is 65.1 Å². The lowest BCUT2D eigenvalue weighted by Gasteiger charge is -2.40.